The zero-order chi connectivity index (χ0) is 15.1. The van der Waals surface area contributed by atoms with Gasteiger partial charge in [-0.2, -0.15) is 0 Å². The van der Waals surface area contributed by atoms with Crippen molar-refractivity contribution in [3.05, 3.63) is 28.8 Å². The van der Waals surface area contributed by atoms with E-state index in [1.54, 1.807) is 6.07 Å². The van der Waals surface area contributed by atoms with Crippen LogP contribution in [0.25, 0.3) is 0 Å². The molecule has 0 radical (unpaired) electrons. The van der Waals surface area contributed by atoms with Gasteiger partial charge in [-0.25, -0.2) is 4.79 Å². The monoisotopic (exact) mass is 312 g/mol. The number of aryl methyl sites for hydroxylation is 1. The summed E-state index contributed by atoms with van der Waals surface area (Å²) in [6.07, 6.45) is 2.24. The highest BCUT2D eigenvalue weighted by Gasteiger charge is 2.15. The Balaban J connectivity index is 1.59. The number of amides is 2. The lowest BCUT2D eigenvalue weighted by molar-refractivity contribution is 0.111. The fraction of sp³-hybridized carbons (Fsp3) is 0.533. The first kappa shape index (κ1) is 15.9. The molecule has 0 bridgehead atoms. The smallest absolute Gasteiger partial charge is 0.315 e. The second kappa shape index (κ2) is 8.10. The van der Waals surface area contributed by atoms with Crippen LogP contribution in [0.5, 0.6) is 5.75 Å². The molecule has 1 aromatic rings. The molecule has 1 saturated heterocycles. The van der Waals surface area contributed by atoms with Gasteiger partial charge in [-0.1, -0.05) is 11.6 Å². The van der Waals surface area contributed by atoms with E-state index in [1.165, 1.54) is 0 Å². The molecule has 0 aromatic heterocycles. The maximum atomic E-state index is 11.6. The molecule has 1 aliphatic rings. The fourth-order valence-corrected chi connectivity index (χ4v) is 2.40. The summed E-state index contributed by atoms with van der Waals surface area (Å²) in [5.74, 6) is 0.779. The Hall–Kier alpha value is -1.46. The highest BCUT2D eigenvalue weighted by molar-refractivity contribution is 6.30. The zero-order valence-electron chi connectivity index (χ0n) is 12.2. The van der Waals surface area contributed by atoms with Crippen molar-refractivity contribution < 1.29 is 14.3 Å². The number of hydrogen-bond acceptors (Lipinski definition) is 3. The number of rotatable bonds is 6. The Morgan fingerprint density at radius 2 is 2.33 bits per heavy atom. The van der Waals surface area contributed by atoms with Crippen molar-refractivity contribution in [3.8, 4) is 5.75 Å². The summed E-state index contributed by atoms with van der Waals surface area (Å²) >= 11 is 5.88. The van der Waals surface area contributed by atoms with Crippen LogP contribution in [0, 0.1) is 6.92 Å². The molecule has 1 aliphatic heterocycles. The normalized spacial score (nSPS) is 17.5. The van der Waals surface area contributed by atoms with E-state index in [2.05, 4.69) is 10.6 Å². The quantitative estimate of drug-likeness (QED) is 0.794. The summed E-state index contributed by atoms with van der Waals surface area (Å²) in [5, 5.41) is 6.23. The average molecular weight is 313 g/mol. The molecule has 0 saturated carbocycles. The fourth-order valence-electron chi connectivity index (χ4n) is 2.17. The third-order valence-electron chi connectivity index (χ3n) is 3.30. The van der Waals surface area contributed by atoms with Crippen LogP contribution >= 0.6 is 11.6 Å². The van der Waals surface area contributed by atoms with Gasteiger partial charge >= 0.3 is 6.03 Å². The summed E-state index contributed by atoms with van der Waals surface area (Å²) < 4.78 is 11.0. The van der Waals surface area contributed by atoms with Crippen molar-refractivity contribution in [3.63, 3.8) is 0 Å². The minimum atomic E-state index is -0.193. The van der Waals surface area contributed by atoms with Gasteiger partial charge in [-0.05, 0) is 43.5 Å². The van der Waals surface area contributed by atoms with E-state index in [0.717, 1.165) is 30.8 Å². The number of hydrogen-bond donors (Lipinski definition) is 2. The standard InChI is InChI=1S/C15H21ClN2O3/c1-11-9-12(16)4-5-14(11)21-8-6-17-15(19)18-10-13-3-2-7-20-13/h4-5,9,13H,2-3,6-8,10H2,1H3,(H2,17,18,19). The second-order valence-electron chi connectivity index (χ2n) is 5.03. The molecule has 116 valence electrons. The van der Waals surface area contributed by atoms with E-state index in [0.29, 0.717) is 24.7 Å². The van der Waals surface area contributed by atoms with Gasteiger partial charge in [0.15, 0.2) is 0 Å². The maximum Gasteiger partial charge on any atom is 0.315 e. The summed E-state index contributed by atoms with van der Waals surface area (Å²) in [6, 6.07) is 5.27. The van der Waals surface area contributed by atoms with Crippen LogP contribution in [0.3, 0.4) is 0 Å². The molecule has 1 heterocycles. The Kier molecular flexibility index (Phi) is 6.14. The molecule has 2 rings (SSSR count). The number of carbonyl (C=O) groups excluding carboxylic acids is 1. The molecule has 5 nitrogen and oxygen atoms in total. The molecular formula is C15H21ClN2O3. The third kappa shape index (κ3) is 5.44. The number of halogens is 1. The molecule has 21 heavy (non-hydrogen) atoms. The minimum Gasteiger partial charge on any atom is -0.491 e. The van der Waals surface area contributed by atoms with Crippen molar-refractivity contribution >= 4 is 17.6 Å². The van der Waals surface area contributed by atoms with Crippen LogP contribution in [-0.4, -0.2) is 38.4 Å². The van der Waals surface area contributed by atoms with Crippen LogP contribution in [0.1, 0.15) is 18.4 Å². The van der Waals surface area contributed by atoms with Gasteiger partial charge in [0.2, 0.25) is 0 Å². The highest BCUT2D eigenvalue weighted by Crippen LogP contribution is 2.21. The first-order valence-corrected chi connectivity index (χ1v) is 7.55. The lowest BCUT2D eigenvalue weighted by atomic mass is 10.2. The molecule has 0 aliphatic carbocycles. The Morgan fingerprint density at radius 3 is 3.05 bits per heavy atom. The number of benzene rings is 1. The van der Waals surface area contributed by atoms with Gasteiger partial charge in [-0.15, -0.1) is 0 Å². The van der Waals surface area contributed by atoms with Gasteiger partial charge in [0, 0.05) is 18.2 Å². The largest absolute Gasteiger partial charge is 0.491 e. The first-order valence-electron chi connectivity index (χ1n) is 7.17. The van der Waals surface area contributed by atoms with Crippen LogP contribution in [0.15, 0.2) is 18.2 Å². The zero-order valence-corrected chi connectivity index (χ0v) is 12.9. The van der Waals surface area contributed by atoms with Gasteiger partial charge in [-0.3, -0.25) is 0 Å². The number of carbonyl (C=O) groups is 1. The van der Waals surface area contributed by atoms with E-state index in [4.69, 9.17) is 21.1 Å². The Labute approximate surface area is 130 Å². The first-order chi connectivity index (χ1) is 10.1. The summed E-state index contributed by atoms with van der Waals surface area (Å²) in [7, 11) is 0. The molecule has 2 amide bonds. The van der Waals surface area contributed by atoms with Gasteiger partial charge in [0.05, 0.1) is 12.6 Å². The van der Waals surface area contributed by atoms with Crippen molar-refractivity contribution in [2.75, 3.05) is 26.3 Å². The van der Waals surface area contributed by atoms with E-state index in [-0.39, 0.29) is 12.1 Å². The van der Waals surface area contributed by atoms with Crippen LogP contribution in [0.2, 0.25) is 5.02 Å². The SMILES string of the molecule is Cc1cc(Cl)ccc1OCCNC(=O)NCC1CCCO1. The molecule has 0 spiro atoms. The van der Waals surface area contributed by atoms with Crippen molar-refractivity contribution in [1.82, 2.24) is 10.6 Å². The average Bonchev–Trinajstić information content (AvgIpc) is 2.96. The summed E-state index contributed by atoms with van der Waals surface area (Å²) in [4.78, 5) is 11.6. The van der Waals surface area contributed by atoms with Crippen molar-refractivity contribution in [1.29, 1.82) is 0 Å². The van der Waals surface area contributed by atoms with E-state index >= 15 is 0 Å². The highest BCUT2D eigenvalue weighted by atomic mass is 35.5. The predicted molar refractivity (Wildman–Crippen MR) is 82.1 cm³/mol. The number of nitrogens with one attached hydrogen (secondary N) is 2. The predicted octanol–water partition coefficient (Wildman–Crippen LogP) is 2.51. The van der Waals surface area contributed by atoms with E-state index in [9.17, 15) is 4.79 Å². The maximum absolute atomic E-state index is 11.6. The second-order valence-corrected chi connectivity index (χ2v) is 5.47. The number of ether oxygens (including phenoxy) is 2. The summed E-state index contributed by atoms with van der Waals surface area (Å²) in [5.41, 5.74) is 0.977. The Bertz CT molecular complexity index is 476. The van der Waals surface area contributed by atoms with Gasteiger partial charge in [0.25, 0.3) is 0 Å². The third-order valence-corrected chi connectivity index (χ3v) is 3.53. The van der Waals surface area contributed by atoms with Gasteiger partial charge in [0.1, 0.15) is 12.4 Å². The molecule has 1 atom stereocenters. The minimum absolute atomic E-state index is 0.156. The molecule has 1 unspecified atom stereocenters. The van der Waals surface area contributed by atoms with Crippen LogP contribution in [-0.2, 0) is 4.74 Å². The Morgan fingerprint density at radius 1 is 1.48 bits per heavy atom. The van der Waals surface area contributed by atoms with E-state index in [1.807, 2.05) is 19.1 Å². The molecule has 2 N–H and O–H groups in total. The topological polar surface area (TPSA) is 59.6 Å². The lowest BCUT2D eigenvalue weighted by Crippen LogP contribution is -2.41. The molecule has 6 heteroatoms. The molecular weight excluding hydrogens is 292 g/mol. The van der Waals surface area contributed by atoms with Crippen molar-refractivity contribution in [2.24, 2.45) is 0 Å². The van der Waals surface area contributed by atoms with Crippen molar-refractivity contribution in [2.45, 2.75) is 25.9 Å². The number of urea groups is 1. The molecule has 1 aromatic carbocycles. The van der Waals surface area contributed by atoms with Crippen LogP contribution in [0.4, 0.5) is 4.79 Å². The van der Waals surface area contributed by atoms with Gasteiger partial charge < -0.3 is 20.1 Å². The molecule has 1 fully saturated rings. The van der Waals surface area contributed by atoms with Crippen LogP contribution < -0.4 is 15.4 Å². The lowest BCUT2D eigenvalue weighted by Gasteiger charge is -2.12. The van der Waals surface area contributed by atoms with E-state index < -0.39 is 0 Å². The summed E-state index contributed by atoms with van der Waals surface area (Å²) in [6.45, 7) is 4.14.